The number of rotatable bonds is 4. The average molecular weight is 333 g/mol. The number of hydrogen-bond acceptors (Lipinski definition) is 6. The van der Waals surface area contributed by atoms with Crippen LogP contribution in [0.5, 0.6) is 0 Å². The number of anilines is 2. The Labute approximate surface area is 124 Å². The van der Waals surface area contributed by atoms with E-state index in [-0.39, 0.29) is 22.4 Å². The van der Waals surface area contributed by atoms with Gasteiger partial charge in [-0.05, 0) is 38.1 Å². The second kappa shape index (κ2) is 5.82. The molecule has 1 aliphatic rings. The van der Waals surface area contributed by atoms with Crippen LogP contribution in [0.3, 0.4) is 0 Å². The quantitative estimate of drug-likeness (QED) is 0.676. The van der Waals surface area contributed by atoms with Crippen LogP contribution in [-0.4, -0.2) is 41.4 Å². The van der Waals surface area contributed by atoms with Crippen LogP contribution < -0.4 is 15.8 Å². The Kier molecular flexibility index (Phi) is 4.45. The third-order valence-electron chi connectivity index (χ3n) is 3.43. The van der Waals surface area contributed by atoms with Crippen LogP contribution >= 0.6 is 0 Å². The zero-order chi connectivity index (χ0) is 15.7. The standard InChI is InChI=1S/C12H19N3O4S2/c1-14-21(18,19)10-4-5-11(13)12(7-10)15-9-3-2-6-20(16,17)8-9/h4-5,7,9,14-15H,2-3,6,8,13H2,1H3. The molecule has 21 heavy (non-hydrogen) atoms. The second-order valence-electron chi connectivity index (χ2n) is 5.05. The number of nitrogens with one attached hydrogen (secondary N) is 2. The topological polar surface area (TPSA) is 118 Å². The minimum Gasteiger partial charge on any atom is -0.397 e. The van der Waals surface area contributed by atoms with Crippen molar-refractivity contribution >= 4 is 31.2 Å². The second-order valence-corrected chi connectivity index (χ2v) is 9.17. The van der Waals surface area contributed by atoms with Crippen LogP contribution in [0.15, 0.2) is 23.1 Å². The van der Waals surface area contributed by atoms with Gasteiger partial charge in [0.2, 0.25) is 10.0 Å². The Morgan fingerprint density at radius 1 is 1.33 bits per heavy atom. The highest BCUT2D eigenvalue weighted by Crippen LogP contribution is 2.25. The maximum absolute atomic E-state index is 11.8. The van der Waals surface area contributed by atoms with Crippen molar-refractivity contribution in [1.82, 2.24) is 4.72 Å². The van der Waals surface area contributed by atoms with Crippen molar-refractivity contribution in [2.45, 2.75) is 23.8 Å². The summed E-state index contributed by atoms with van der Waals surface area (Å²) < 4.78 is 49.1. The van der Waals surface area contributed by atoms with Crippen LogP contribution in [-0.2, 0) is 19.9 Å². The highest BCUT2D eigenvalue weighted by molar-refractivity contribution is 7.91. The van der Waals surface area contributed by atoms with Crippen molar-refractivity contribution in [2.24, 2.45) is 0 Å². The summed E-state index contributed by atoms with van der Waals surface area (Å²) in [6, 6.07) is 4.06. The summed E-state index contributed by atoms with van der Waals surface area (Å²) in [5.41, 5.74) is 6.65. The van der Waals surface area contributed by atoms with Crippen molar-refractivity contribution < 1.29 is 16.8 Å². The fourth-order valence-electron chi connectivity index (χ4n) is 2.30. The third kappa shape index (κ3) is 3.86. The maximum Gasteiger partial charge on any atom is 0.240 e. The van der Waals surface area contributed by atoms with E-state index >= 15 is 0 Å². The fraction of sp³-hybridized carbons (Fsp3) is 0.500. The maximum atomic E-state index is 11.8. The Balaban J connectivity index is 2.26. The molecule has 7 nitrogen and oxygen atoms in total. The van der Waals surface area contributed by atoms with Gasteiger partial charge < -0.3 is 11.1 Å². The van der Waals surface area contributed by atoms with Crippen LogP contribution in [0, 0.1) is 0 Å². The van der Waals surface area contributed by atoms with E-state index < -0.39 is 19.9 Å². The van der Waals surface area contributed by atoms with Crippen molar-refractivity contribution in [2.75, 3.05) is 29.6 Å². The first-order chi connectivity index (χ1) is 9.73. The molecule has 0 bridgehead atoms. The lowest BCUT2D eigenvalue weighted by Gasteiger charge is -2.25. The summed E-state index contributed by atoms with van der Waals surface area (Å²) in [6.07, 6.45) is 1.30. The monoisotopic (exact) mass is 333 g/mol. The molecule has 1 aliphatic heterocycles. The molecule has 0 radical (unpaired) electrons. The Morgan fingerprint density at radius 3 is 2.67 bits per heavy atom. The minimum atomic E-state index is -3.56. The van der Waals surface area contributed by atoms with Crippen LogP contribution in [0.2, 0.25) is 0 Å². The molecular weight excluding hydrogens is 314 g/mol. The molecule has 9 heteroatoms. The largest absolute Gasteiger partial charge is 0.397 e. The zero-order valence-corrected chi connectivity index (χ0v) is 13.3. The van der Waals surface area contributed by atoms with E-state index in [0.29, 0.717) is 24.2 Å². The normalized spacial score (nSPS) is 21.9. The van der Waals surface area contributed by atoms with E-state index in [1.54, 1.807) is 0 Å². The molecule has 0 aromatic heterocycles. The number of nitrogens with two attached hydrogens (primary N) is 1. The van der Waals surface area contributed by atoms with Gasteiger partial charge in [-0.2, -0.15) is 0 Å². The summed E-state index contributed by atoms with van der Waals surface area (Å²) in [5, 5.41) is 3.04. The summed E-state index contributed by atoms with van der Waals surface area (Å²) >= 11 is 0. The molecule has 118 valence electrons. The molecule has 0 aliphatic carbocycles. The molecular formula is C12H19N3O4S2. The van der Waals surface area contributed by atoms with E-state index in [2.05, 4.69) is 10.0 Å². The Hall–Kier alpha value is -1.32. The molecule has 2 rings (SSSR count). The molecule has 1 aromatic carbocycles. The van der Waals surface area contributed by atoms with Gasteiger partial charge in [-0.1, -0.05) is 0 Å². The number of sulfone groups is 1. The van der Waals surface area contributed by atoms with Crippen LogP contribution in [0.1, 0.15) is 12.8 Å². The summed E-state index contributed by atoms with van der Waals surface area (Å²) in [4.78, 5) is 0.0837. The Morgan fingerprint density at radius 2 is 2.05 bits per heavy atom. The minimum absolute atomic E-state index is 0.0371. The molecule has 0 spiro atoms. The predicted molar refractivity (Wildman–Crippen MR) is 82.4 cm³/mol. The van der Waals surface area contributed by atoms with Gasteiger partial charge in [0.05, 0.1) is 27.8 Å². The van der Waals surface area contributed by atoms with E-state index in [1.807, 2.05) is 0 Å². The zero-order valence-electron chi connectivity index (χ0n) is 11.7. The lowest BCUT2D eigenvalue weighted by Crippen LogP contribution is -2.35. The van der Waals surface area contributed by atoms with E-state index in [4.69, 9.17) is 5.73 Å². The molecule has 0 amide bonds. The molecule has 1 unspecified atom stereocenters. The van der Waals surface area contributed by atoms with Gasteiger partial charge in [0.25, 0.3) is 0 Å². The van der Waals surface area contributed by atoms with Crippen molar-refractivity contribution in [3.63, 3.8) is 0 Å². The van der Waals surface area contributed by atoms with Crippen LogP contribution in [0.4, 0.5) is 11.4 Å². The molecule has 1 aromatic rings. The lowest BCUT2D eigenvalue weighted by molar-refractivity contribution is 0.561. The first-order valence-electron chi connectivity index (χ1n) is 6.53. The van der Waals surface area contributed by atoms with Crippen LogP contribution in [0.25, 0.3) is 0 Å². The SMILES string of the molecule is CNS(=O)(=O)c1ccc(N)c(NC2CCCS(=O)(=O)C2)c1. The fourth-order valence-corrected chi connectivity index (χ4v) is 4.69. The van der Waals surface area contributed by atoms with Gasteiger partial charge >= 0.3 is 0 Å². The van der Waals surface area contributed by atoms with E-state index in [1.165, 1.54) is 25.2 Å². The number of sulfonamides is 1. The van der Waals surface area contributed by atoms with Crippen molar-refractivity contribution in [3.8, 4) is 0 Å². The molecule has 1 fully saturated rings. The molecule has 1 heterocycles. The van der Waals surface area contributed by atoms with Crippen molar-refractivity contribution in [3.05, 3.63) is 18.2 Å². The highest BCUT2D eigenvalue weighted by atomic mass is 32.2. The molecule has 4 N–H and O–H groups in total. The van der Waals surface area contributed by atoms with Gasteiger partial charge in [0.15, 0.2) is 9.84 Å². The smallest absolute Gasteiger partial charge is 0.240 e. The first kappa shape index (κ1) is 16.1. The third-order valence-corrected chi connectivity index (χ3v) is 6.66. The van der Waals surface area contributed by atoms with E-state index in [9.17, 15) is 16.8 Å². The predicted octanol–water partition coefficient (Wildman–Crippen LogP) is 0.166. The number of benzene rings is 1. The Bertz CT molecular complexity index is 729. The molecule has 1 saturated heterocycles. The summed E-state index contributed by atoms with van der Waals surface area (Å²) in [6.45, 7) is 0. The summed E-state index contributed by atoms with van der Waals surface area (Å²) in [7, 11) is -5.28. The van der Waals surface area contributed by atoms with Gasteiger partial charge in [-0.15, -0.1) is 0 Å². The number of nitrogen functional groups attached to an aromatic ring is 1. The highest BCUT2D eigenvalue weighted by Gasteiger charge is 2.25. The van der Waals surface area contributed by atoms with Crippen molar-refractivity contribution in [1.29, 1.82) is 0 Å². The van der Waals surface area contributed by atoms with Gasteiger partial charge in [0.1, 0.15) is 0 Å². The number of hydrogen-bond donors (Lipinski definition) is 3. The molecule has 0 saturated carbocycles. The summed E-state index contributed by atoms with van der Waals surface area (Å²) in [5.74, 6) is 0.240. The van der Waals surface area contributed by atoms with Gasteiger partial charge in [-0.25, -0.2) is 21.6 Å². The first-order valence-corrected chi connectivity index (χ1v) is 9.84. The van der Waals surface area contributed by atoms with Gasteiger partial charge in [-0.3, -0.25) is 0 Å². The van der Waals surface area contributed by atoms with E-state index in [0.717, 1.165) is 0 Å². The van der Waals surface area contributed by atoms with Gasteiger partial charge in [0, 0.05) is 6.04 Å². The lowest BCUT2D eigenvalue weighted by atomic mass is 10.1. The average Bonchev–Trinajstić information content (AvgIpc) is 2.40. The molecule has 1 atom stereocenters.